The van der Waals surface area contributed by atoms with Crippen molar-refractivity contribution in [3.8, 4) is 0 Å². The fourth-order valence-electron chi connectivity index (χ4n) is 2.30. The molecule has 0 saturated heterocycles. The van der Waals surface area contributed by atoms with Crippen molar-refractivity contribution in [3.63, 3.8) is 0 Å². The van der Waals surface area contributed by atoms with Crippen LogP contribution in [-0.4, -0.2) is 12.5 Å². The largest absolute Gasteiger partial charge is 0.349 e. The van der Waals surface area contributed by atoms with Crippen LogP contribution in [0, 0.1) is 0 Å². The molecular formula is C13H18N2O. The van der Waals surface area contributed by atoms with Gasteiger partial charge in [-0.2, -0.15) is 0 Å². The van der Waals surface area contributed by atoms with Crippen LogP contribution in [0.2, 0.25) is 0 Å². The van der Waals surface area contributed by atoms with Crippen LogP contribution in [0.5, 0.6) is 0 Å². The van der Waals surface area contributed by atoms with Crippen LogP contribution in [0.25, 0.3) is 0 Å². The Kier molecular flexibility index (Phi) is 3.57. The van der Waals surface area contributed by atoms with Crippen molar-refractivity contribution in [3.05, 3.63) is 35.4 Å². The lowest BCUT2D eigenvalue weighted by Gasteiger charge is -2.26. The maximum atomic E-state index is 11.5. The smallest absolute Gasteiger partial charge is 0.221 e. The number of amides is 1. The molecular weight excluding hydrogens is 200 g/mol. The van der Waals surface area contributed by atoms with Crippen LogP contribution < -0.4 is 11.1 Å². The van der Waals surface area contributed by atoms with E-state index in [0.717, 1.165) is 19.3 Å². The van der Waals surface area contributed by atoms with Gasteiger partial charge in [0.25, 0.3) is 0 Å². The molecule has 0 bridgehead atoms. The Labute approximate surface area is 96.0 Å². The number of benzene rings is 1. The molecule has 1 aliphatic carbocycles. The van der Waals surface area contributed by atoms with Gasteiger partial charge in [-0.1, -0.05) is 24.3 Å². The van der Waals surface area contributed by atoms with E-state index in [0.29, 0.717) is 13.0 Å². The van der Waals surface area contributed by atoms with E-state index in [1.807, 2.05) is 6.07 Å². The molecule has 0 spiro atoms. The highest BCUT2D eigenvalue weighted by atomic mass is 16.1. The molecule has 1 aliphatic rings. The molecule has 0 radical (unpaired) electrons. The fraction of sp³-hybridized carbons (Fsp3) is 0.462. The van der Waals surface area contributed by atoms with E-state index in [4.69, 9.17) is 5.73 Å². The van der Waals surface area contributed by atoms with Gasteiger partial charge in [-0.05, 0) is 30.4 Å². The number of hydrogen-bond acceptors (Lipinski definition) is 2. The minimum absolute atomic E-state index is 0.0594. The quantitative estimate of drug-likeness (QED) is 0.808. The second kappa shape index (κ2) is 5.12. The SMILES string of the molecule is NCCC(=O)NC1CCCc2ccccc21. The van der Waals surface area contributed by atoms with Gasteiger partial charge >= 0.3 is 0 Å². The van der Waals surface area contributed by atoms with Gasteiger partial charge in [0.2, 0.25) is 5.91 Å². The third-order valence-electron chi connectivity index (χ3n) is 3.08. The molecule has 3 heteroatoms. The summed E-state index contributed by atoms with van der Waals surface area (Å²) in [6.07, 6.45) is 3.72. The van der Waals surface area contributed by atoms with E-state index in [-0.39, 0.29) is 11.9 Å². The number of nitrogens with two attached hydrogens (primary N) is 1. The average molecular weight is 218 g/mol. The summed E-state index contributed by atoms with van der Waals surface area (Å²) in [5.41, 5.74) is 8.01. The van der Waals surface area contributed by atoms with Gasteiger partial charge < -0.3 is 11.1 Å². The minimum Gasteiger partial charge on any atom is -0.349 e. The van der Waals surface area contributed by atoms with Crippen molar-refractivity contribution in [1.29, 1.82) is 0 Å². The Hall–Kier alpha value is -1.35. The van der Waals surface area contributed by atoms with E-state index >= 15 is 0 Å². The van der Waals surface area contributed by atoms with Gasteiger partial charge in [0.1, 0.15) is 0 Å². The van der Waals surface area contributed by atoms with Crippen LogP contribution in [0.3, 0.4) is 0 Å². The fourth-order valence-corrected chi connectivity index (χ4v) is 2.30. The molecule has 0 fully saturated rings. The summed E-state index contributed by atoms with van der Waals surface area (Å²) in [5, 5.41) is 3.06. The van der Waals surface area contributed by atoms with Crippen molar-refractivity contribution in [2.75, 3.05) is 6.54 Å². The van der Waals surface area contributed by atoms with Gasteiger partial charge in [0, 0.05) is 13.0 Å². The Morgan fingerprint density at radius 3 is 3.06 bits per heavy atom. The summed E-state index contributed by atoms with van der Waals surface area (Å²) >= 11 is 0. The van der Waals surface area contributed by atoms with Gasteiger partial charge in [0.05, 0.1) is 6.04 Å². The zero-order valence-electron chi connectivity index (χ0n) is 9.41. The number of nitrogens with one attached hydrogen (secondary N) is 1. The monoisotopic (exact) mass is 218 g/mol. The summed E-state index contributed by atoms with van der Waals surface area (Å²) in [5.74, 6) is 0.0594. The summed E-state index contributed by atoms with van der Waals surface area (Å²) in [4.78, 5) is 11.5. The van der Waals surface area contributed by atoms with Gasteiger partial charge in [-0.15, -0.1) is 0 Å². The lowest BCUT2D eigenvalue weighted by atomic mass is 9.88. The molecule has 1 aromatic rings. The molecule has 1 amide bonds. The number of carbonyl (C=O) groups is 1. The zero-order chi connectivity index (χ0) is 11.4. The lowest BCUT2D eigenvalue weighted by molar-refractivity contribution is -0.121. The molecule has 0 heterocycles. The van der Waals surface area contributed by atoms with Crippen molar-refractivity contribution >= 4 is 5.91 Å². The Bertz CT molecular complexity index is 376. The van der Waals surface area contributed by atoms with Crippen molar-refractivity contribution in [1.82, 2.24) is 5.32 Å². The number of carbonyl (C=O) groups excluding carboxylic acids is 1. The molecule has 1 unspecified atom stereocenters. The Morgan fingerprint density at radius 1 is 1.44 bits per heavy atom. The van der Waals surface area contributed by atoms with Crippen molar-refractivity contribution < 1.29 is 4.79 Å². The standard InChI is InChI=1S/C13H18N2O/c14-9-8-13(16)15-12-7-3-5-10-4-1-2-6-11(10)12/h1-2,4,6,12H,3,5,7-9,14H2,(H,15,16). The highest BCUT2D eigenvalue weighted by Gasteiger charge is 2.20. The first-order chi connectivity index (χ1) is 7.81. The van der Waals surface area contributed by atoms with E-state index in [9.17, 15) is 4.79 Å². The number of fused-ring (bicyclic) bond motifs is 1. The molecule has 2 rings (SSSR count). The maximum Gasteiger partial charge on any atom is 0.221 e. The average Bonchev–Trinajstić information content (AvgIpc) is 2.30. The molecule has 16 heavy (non-hydrogen) atoms. The molecule has 0 saturated carbocycles. The first kappa shape index (κ1) is 11.1. The van der Waals surface area contributed by atoms with E-state index < -0.39 is 0 Å². The summed E-state index contributed by atoms with van der Waals surface area (Å²) in [7, 11) is 0. The van der Waals surface area contributed by atoms with Crippen molar-refractivity contribution in [2.24, 2.45) is 5.73 Å². The number of hydrogen-bond donors (Lipinski definition) is 2. The summed E-state index contributed by atoms with van der Waals surface area (Å²) in [6, 6.07) is 8.54. The predicted octanol–water partition coefficient (Wildman–Crippen LogP) is 1.53. The molecule has 1 aromatic carbocycles. The third kappa shape index (κ3) is 2.42. The molecule has 1 atom stereocenters. The normalized spacial score (nSPS) is 18.9. The van der Waals surface area contributed by atoms with Crippen LogP contribution >= 0.6 is 0 Å². The van der Waals surface area contributed by atoms with Crippen LogP contribution in [0.15, 0.2) is 24.3 Å². The maximum absolute atomic E-state index is 11.5. The summed E-state index contributed by atoms with van der Waals surface area (Å²) in [6.45, 7) is 0.417. The number of aryl methyl sites for hydroxylation is 1. The van der Waals surface area contributed by atoms with Gasteiger partial charge in [-0.3, -0.25) is 4.79 Å². The lowest BCUT2D eigenvalue weighted by Crippen LogP contribution is -2.32. The van der Waals surface area contributed by atoms with Gasteiger partial charge in [0.15, 0.2) is 0 Å². The highest BCUT2D eigenvalue weighted by Crippen LogP contribution is 2.29. The third-order valence-corrected chi connectivity index (χ3v) is 3.08. The van der Waals surface area contributed by atoms with Crippen LogP contribution in [0.1, 0.15) is 36.4 Å². The zero-order valence-corrected chi connectivity index (χ0v) is 9.41. The molecule has 86 valence electrons. The molecule has 3 nitrogen and oxygen atoms in total. The van der Waals surface area contributed by atoms with Crippen molar-refractivity contribution in [2.45, 2.75) is 31.7 Å². The minimum atomic E-state index is 0.0594. The van der Waals surface area contributed by atoms with Gasteiger partial charge in [-0.25, -0.2) is 0 Å². The van der Waals surface area contributed by atoms with E-state index in [1.54, 1.807) is 0 Å². The molecule has 0 aromatic heterocycles. The number of rotatable bonds is 3. The topological polar surface area (TPSA) is 55.1 Å². The van der Waals surface area contributed by atoms with Crippen LogP contribution in [0.4, 0.5) is 0 Å². The highest BCUT2D eigenvalue weighted by molar-refractivity contribution is 5.76. The Morgan fingerprint density at radius 2 is 2.25 bits per heavy atom. The predicted molar refractivity (Wildman–Crippen MR) is 63.9 cm³/mol. The molecule has 3 N–H and O–H groups in total. The summed E-state index contributed by atoms with van der Waals surface area (Å²) < 4.78 is 0. The first-order valence-electron chi connectivity index (χ1n) is 5.88. The van der Waals surface area contributed by atoms with E-state index in [1.165, 1.54) is 11.1 Å². The second-order valence-corrected chi connectivity index (χ2v) is 4.25. The Balaban J connectivity index is 2.10. The first-order valence-corrected chi connectivity index (χ1v) is 5.88. The van der Waals surface area contributed by atoms with Crippen LogP contribution in [-0.2, 0) is 11.2 Å². The second-order valence-electron chi connectivity index (χ2n) is 4.25. The molecule has 0 aliphatic heterocycles. The van der Waals surface area contributed by atoms with E-state index in [2.05, 4.69) is 23.5 Å².